The second kappa shape index (κ2) is 11.5. The Morgan fingerprint density at radius 2 is 1.64 bits per heavy atom. The van der Waals surface area contributed by atoms with E-state index in [2.05, 4.69) is 46.6 Å². The number of carbonyl (C=O) groups excluding carboxylic acids is 1. The third-order valence-electron chi connectivity index (χ3n) is 7.78. The van der Waals surface area contributed by atoms with E-state index in [0.29, 0.717) is 18.6 Å². The number of amides is 1. The third kappa shape index (κ3) is 5.61. The molecule has 6 nitrogen and oxygen atoms in total. The fourth-order valence-corrected chi connectivity index (χ4v) is 5.64. The van der Waals surface area contributed by atoms with Crippen LogP contribution in [-0.4, -0.2) is 59.0 Å². The summed E-state index contributed by atoms with van der Waals surface area (Å²) in [7, 11) is 0. The molecule has 1 saturated carbocycles. The van der Waals surface area contributed by atoms with Crippen LogP contribution in [0.2, 0.25) is 0 Å². The smallest absolute Gasteiger partial charge is 0.266 e. The Hall–Kier alpha value is -2.80. The average Bonchev–Trinajstić information content (AvgIpc) is 2.92. The van der Waals surface area contributed by atoms with Crippen LogP contribution in [0.15, 0.2) is 54.6 Å². The van der Waals surface area contributed by atoms with Gasteiger partial charge in [-0.3, -0.25) is 20.0 Å². The van der Waals surface area contributed by atoms with Gasteiger partial charge < -0.3 is 0 Å². The van der Waals surface area contributed by atoms with Crippen molar-refractivity contribution < 1.29 is 4.79 Å². The monoisotopic (exact) mass is 485 g/mol. The van der Waals surface area contributed by atoms with E-state index in [1.165, 1.54) is 19.3 Å². The van der Waals surface area contributed by atoms with E-state index in [9.17, 15) is 4.79 Å². The minimum atomic E-state index is -0.0628. The van der Waals surface area contributed by atoms with Crippen molar-refractivity contribution in [3.8, 4) is 11.3 Å². The highest BCUT2D eigenvalue weighted by atomic mass is 16.2. The topological polar surface area (TPSA) is 60.5 Å². The molecule has 190 valence electrons. The van der Waals surface area contributed by atoms with E-state index in [-0.39, 0.29) is 5.91 Å². The second-order valence-corrected chi connectivity index (χ2v) is 10.5. The molecule has 0 unspecified atom stereocenters. The lowest BCUT2D eigenvalue weighted by molar-refractivity contribution is 0.0912. The number of nitrogens with one attached hydrogen (secondary N) is 2. The molecular formula is C30H39N5O. The van der Waals surface area contributed by atoms with Gasteiger partial charge in [-0.1, -0.05) is 67.8 Å². The Morgan fingerprint density at radius 3 is 2.36 bits per heavy atom. The first-order valence-corrected chi connectivity index (χ1v) is 13.6. The van der Waals surface area contributed by atoms with Gasteiger partial charge in [0.05, 0.1) is 16.8 Å². The molecule has 3 aromatic rings. The normalized spacial score (nSPS) is 18.1. The molecule has 36 heavy (non-hydrogen) atoms. The Labute approximate surface area is 215 Å². The molecule has 1 saturated heterocycles. The summed E-state index contributed by atoms with van der Waals surface area (Å²) in [5, 5.41) is 0.913. The average molecular weight is 486 g/mol. The standard InChI is InChI=1S/C30H39N5O/c1-22(2)35-19-17-34(18-20-35)21-26-28(30(36)33-32-24-13-7-4-8-14-24)25-15-9-10-16-27(25)31-29(26)23-11-5-3-6-12-23/h3,5-6,9-12,15-16,22,24,32H,4,7-8,13-14,17-21H2,1-2H3,(H,33,36). The van der Waals surface area contributed by atoms with E-state index in [0.717, 1.165) is 72.3 Å². The predicted octanol–water partition coefficient (Wildman–Crippen LogP) is 4.99. The van der Waals surface area contributed by atoms with E-state index in [1.807, 2.05) is 42.5 Å². The number of benzene rings is 2. The lowest BCUT2D eigenvalue weighted by Crippen LogP contribution is -2.49. The van der Waals surface area contributed by atoms with Crippen molar-refractivity contribution in [2.24, 2.45) is 0 Å². The fourth-order valence-electron chi connectivity index (χ4n) is 5.64. The van der Waals surface area contributed by atoms with Gasteiger partial charge in [0.25, 0.3) is 5.91 Å². The van der Waals surface area contributed by atoms with Gasteiger partial charge in [-0.2, -0.15) is 0 Å². The van der Waals surface area contributed by atoms with Gasteiger partial charge >= 0.3 is 0 Å². The van der Waals surface area contributed by atoms with Crippen molar-refractivity contribution in [3.05, 3.63) is 65.7 Å². The predicted molar refractivity (Wildman–Crippen MR) is 147 cm³/mol. The Morgan fingerprint density at radius 1 is 0.944 bits per heavy atom. The number of hydrogen-bond acceptors (Lipinski definition) is 5. The van der Waals surface area contributed by atoms with Crippen LogP contribution in [-0.2, 0) is 6.54 Å². The number of carbonyl (C=O) groups is 1. The lowest BCUT2D eigenvalue weighted by atomic mass is 9.95. The highest BCUT2D eigenvalue weighted by Crippen LogP contribution is 2.32. The minimum absolute atomic E-state index is 0.0628. The molecule has 0 bridgehead atoms. The number of pyridine rings is 1. The molecule has 1 amide bonds. The van der Waals surface area contributed by atoms with Crippen molar-refractivity contribution in [2.45, 2.75) is 64.6 Å². The number of para-hydroxylation sites is 1. The Balaban J connectivity index is 1.53. The minimum Gasteiger partial charge on any atom is -0.298 e. The van der Waals surface area contributed by atoms with Crippen molar-refractivity contribution in [2.75, 3.05) is 26.2 Å². The van der Waals surface area contributed by atoms with E-state index >= 15 is 0 Å². The molecule has 0 atom stereocenters. The van der Waals surface area contributed by atoms with Crippen molar-refractivity contribution in [3.63, 3.8) is 0 Å². The highest BCUT2D eigenvalue weighted by molar-refractivity contribution is 6.08. The van der Waals surface area contributed by atoms with Gasteiger partial charge in [0.1, 0.15) is 0 Å². The first-order valence-electron chi connectivity index (χ1n) is 13.6. The SMILES string of the molecule is CC(C)N1CCN(Cc2c(-c3ccccc3)nc3ccccc3c2C(=O)NNC2CCCCC2)CC1. The maximum absolute atomic E-state index is 13.9. The zero-order chi connectivity index (χ0) is 24.9. The van der Waals surface area contributed by atoms with Crippen LogP contribution in [0.25, 0.3) is 22.2 Å². The number of hydrogen-bond donors (Lipinski definition) is 2. The summed E-state index contributed by atoms with van der Waals surface area (Å²) >= 11 is 0. The van der Waals surface area contributed by atoms with E-state index in [1.54, 1.807) is 0 Å². The zero-order valence-electron chi connectivity index (χ0n) is 21.7. The molecule has 6 heteroatoms. The van der Waals surface area contributed by atoms with Crippen LogP contribution in [0, 0.1) is 0 Å². The molecule has 1 aliphatic heterocycles. The van der Waals surface area contributed by atoms with Crippen LogP contribution < -0.4 is 10.9 Å². The molecule has 1 aliphatic carbocycles. The molecule has 0 spiro atoms. The van der Waals surface area contributed by atoms with Crippen LogP contribution in [0.3, 0.4) is 0 Å². The lowest BCUT2D eigenvalue weighted by Gasteiger charge is -2.37. The third-order valence-corrected chi connectivity index (χ3v) is 7.78. The number of fused-ring (bicyclic) bond motifs is 1. The van der Waals surface area contributed by atoms with Crippen molar-refractivity contribution in [1.82, 2.24) is 25.6 Å². The number of hydrazine groups is 1. The summed E-state index contributed by atoms with van der Waals surface area (Å²) in [6.07, 6.45) is 5.95. The number of piperazine rings is 1. The molecule has 1 aromatic heterocycles. The first-order chi connectivity index (χ1) is 17.6. The Bertz CT molecular complexity index is 1160. The van der Waals surface area contributed by atoms with Gasteiger partial charge in [0.2, 0.25) is 0 Å². The van der Waals surface area contributed by atoms with Crippen LogP contribution in [0.5, 0.6) is 0 Å². The van der Waals surface area contributed by atoms with Crippen LogP contribution in [0.4, 0.5) is 0 Å². The highest BCUT2D eigenvalue weighted by Gasteiger charge is 2.26. The van der Waals surface area contributed by atoms with Gasteiger partial charge in [-0.25, -0.2) is 10.4 Å². The molecular weight excluding hydrogens is 446 g/mol. The van der Waals surface area contributed by atoms with Gasteiger partial charge in [0.15, 0.2) is 0 Å². The van der Waals surface area contributed by atoms with Crippen molar-refractivity contribution in [1.29, 1.82) is 0 Å². The first kappa shape index (κ1) is 24.9. The molecule has 2 aliphatic rings. The number of nitrogens with zero attached hydrogens (tertiary/aromatic N) is 3. The molecule has 2 fully saturated rings. The number of rotatable bonds is 7. The summed E-state index contributed by atoms with van der Waals surface area (Å²) in [5.41, 5.74) is 11.0. The summed E-state index contributed by atoms with van der Waals surface area (Å²) < 4.78 is 0. The molecule has 2 heterocycles. The van der Waals surface area contributed by atoms with E-state index in [4.69, 9.17) is 4.98 Å². The summed E-state index contributed by atoms with van der Waals surface area (Å²) in [4.78, 5) is 24.0. The summed E-state index contributed by atoms with van der Waals surface area (Å²) in [5.74, 6) is -0.0628. The van der Waals surface area contributed by atoms with Crippen molar-refractivity contribution >= 4 is 16.8 Å². The molecule has 0 radical (unpaired) electrons. The van der Waals surface area contributed by atoms with Gasteiger partial charge in [0, 0.05) is 61.3 Å². The quantitative estimate of drug-likeness (QED) is 0.462. The second-order valence-electron chi connectivity index (χ2n) is 10.5. The van der Waals surface area contributed by atoms with Crippen LogP contribution >= 0.6 is 0 Å². The molecule has 5 rings (SSSR count). The van der Waals surface area contributed by atoms with Crippen LogP contribution in [0.1, 0.15) is 61.9 Å². The summed E-state index contributed by atoms with van der Waals surface area (Å²) in [6.45, 7) is 9.30. The van der Waals surface area contributed by atoms with E-state index < -0.39 is 0 Å². The largest absolute Gasteiger partial charge is 0.298 e. The maximum atomic E-state index is 13.9. The number of aromatic nitrogens is 1. The van der Waals surface area contributed by atoms with Gasteiger partial charge in [-0.05, 0) is 32.8 Å². The molecule has 2 N–H and O–H groups in total. The zero-order valence-corrected chi connectivity index (χ0v) is 21.7. The Kier molecular flexibility index (Phi) is 7.95. The van der Waals surface area contributed by atoms with Gasteiger partial charge in [-0.15, -0.1) is 0 Å². The fraction of sp³-hybridized carbons (Fsp3) is 0.467. The maximum Gasteiger partial charge on any atom is 0.266 e. The summed E-state index contributed by atoms with van der Waals surface area (Å²) in [6, 6.07) is 19.3. The molecule has 2 aromatic carbocycles.